The quantitative estimate of drug-likeness (QED) is 0.121. The Bertz CT molecular complexity index is 1790. The van der Waals surface area contributed by atoms with Gasteiger partial charge in [0.15, 0.2) is 17.3 Å². The summed E-state index contributed by atoms with van der Waals surface area (Å²) in [7, 11) is 0. The molecule has 0 spiro atoms. The number of rotatable bonds is 10. The van der Waals surface area contributed by atoms with Crippen molar-refractivity contribution in [3.05, 3.63) is 99.3 Å². The highest BCUT2D eigenvalue weighted by molar-refractivity contribution is 9.10. The Morgan fingerprint density at radius 3 is 2.75 bits per heavy atom. The van der Waals surface area contributed by atoms with Gasteiger partial charge < -0.3 is 13.9 Å². The van der Waals surface area contributed by atoms with E-state index in [0.29, 0.717) is 52.6 Å². The van der Waals surface area contributed by atoms with Gasteiger partial charge in [0.1, 0.15) is 5.58 Å². The second kappa shape index (κ2) is 11.9. The average molecular weight is 601 g/mol. The zero-order valence-corrected chi connectivity index (χ0v) is 24.3. The maximum atomic E-state index is 13.7. The predicted molar refractivity (Wildman–Crippen MR) is 164 cm³/mol. The van der Waals surface area contributed by atoms with E-state index in [1.807, 2.05) is 68.5 Å². The second-order valence-corrected chi connectivity index (χ2v) is 10.3. The number of para-hydroxylation sites is 1. The van der Waals surface area contributed by atoms with Crippen LogP contribution >= 0.6 is 15.9 Å². The lowest BCUT2D eigenvalue weighted by atomic mass is 10.1. The molecule has 0 N–H and O–H groups in total. The van der Waals surface area contributed by atoms with Crippen molar-refractivity contribution in [3.63, 3.8) is 0 Å². The van der Waals surface area contributed by atoms with Crippen molar-refractivity contribution in [2.75, 3.05) is 6.61 Å². The minimum absolute atomic E-state index is 0.0246. The number of hydrogen-bond acceptors (Lipinski definition) is 6. The van der Waals surface area contributed by atoms with Crippen LogP contribution in [0.25, 0.3) is 33.5 Å². The van der Waals surface area contributed by atoms with Gasteiger partial charge >= 0.3 is 0 Å². The molecule has 5 rings (SSSR count). The van der Waals surface area contributed by atoms with E-state index in [-0.39, 0.29) is 11.7 Å². The van der Waals surface area contributed by atoms with E-state index in [1.54, 1.807) is 18.3 Å². The fraction of sp³-hybridized carbons (Fsp3) is 0.219. The zero-order chi connectivity index (χ0) is 28.2. The molecular formula is C32H30BrN3O4. The highest BCUT2D eigenvalue weighted by atomic mass is 79.9. The normalized spacial score (nSPS) is 12.3. The van der Waals surface area contributed by atoms with Gasteiger partial charge in [0.05, 0.1) is 29.8 Å². The summed E-state index contributed by atoms with van der Waals surface area (Å²) in [5.41, 5.74) is 2.62. The number of ether oxygens (including phenoxy) is 2. The summed E-state index contributed by atoms with van der Waals surface area (Å²) in [5, 5.41) is 5.97. The lowest BCUT2D eigenvalue weighted by molar-refractivity contribution is 0.201. The van der Waals surface area contributed by atoms with Crippen LogP contribution in [0.3, 0.4) is 0 Å². The van der Waals surface area contributed by atoms with Crippen LogP contribution in [-0.2, 0) is 6.42 Å². The Kier molecular flexibility index (Phi) is 8.16. The molecule has 8 heteroatoms. The highest BCUT2D eigenvalue weighted by Gasteiger charge is 2.18. The Morgan fingerprint density at radius 2 is 1.98 bits per heavy atom. The third-order valence-electron chi connectivity index (χ3n) is 6.49. The van der Waals surface area contributed by atoms with Crippen LogP contribution in [0.2, 0.25) is 0 Å². The molecule has 5 aromatic rings. The molecule has 0 radical (unpaired) electrons. The third-order valence-corrected chi connectivity index (χ3v) is 6.98. The maximum absolute atomic E-state index is 13.7. The largest absolute Gasteiger partial charge is 0.490 e. The molecule has 0 saturated carbocycles. The van der Waals surface area contributed by atoms with Gasteiger partial charge in [-0.05, 0) is 80.8 Å². The van der Waals surface area contributed by atoms with Gasteiger partial charge in [-0.1, -0.05) is 41.1 Å². The van der Waals surface area contributed by atoms with E-state index < -0.39 is 0 Å². The summed E-state index contributed by atoms with van der Waals surface area (Å²) < 4.78 is 20.5. The number of nitrogens with zero attached hydrogens (tertiary/aromatic N) is 3. The van der Waals surface area contributed by atoms with Gasteiger partial charge in [0, 0.05) is 15.4 Å². The monoisotopic (exact) mass is 599 g/mol. The van der Waals surface area contributed by atoms with Gasteiger partial charge in [-0.25, -0.2) is 4.98 Å². The van der Waals surface area contributed by atoms with Gasteiger partial charge in [-0.3, -0.25) is 4.79 Å². The number of furan rings is 1. The van der Waals surface area contributed by atoms with E-state index in [4.69, 9.17) is 18.9 Å². The van der Waals surface area contributed by atoms with Crippen molar-refractivity contribution in [2.24, 2.45) is 5.10 Å². The highest BCUT2D eigenvalue weighted by Crippen LogP contribution is 2.35. The summed E-state index contributed by atoms with van der Waals surface area (Å²) >= 11 is 3.50. The van der Waals surface area contributed by atoms with Gasteiger partial charge in [0.2, 0.25) is 5.82 Å². The number of halogens is 1. The molecule has 0 aliphatic rings. The van der Waals surface area contributed by atoms with Crippen molar-refractivity contribution in [3.8, 4) is 23.1 Å². The van der Waals surface area contributed by atoms with Gasteiger partial charge in [-0.2, -0.15) is 9.78 Å². The molecule has 0 bridgehead atoms. The fourth-order valence-corrected chi connectivity index (χ4v) is 4.76. The molecule has 0 fully saturated rings. The summed E-state index contributed by atoms with van der Waals surface area (Å²) in [6.45, 7) is 10.4. The number of fused-ring (bicyclic) bond motifs is 2. The first-order valence-electron chi connectivity index (χ1n) is 13.2. The lowest BCUT2D eigenvalue weighted by Gasteiger charge is -2.20. The lowest BCUT2D eigenvalue weighted by Crippen LogP contribution is -2.20. The molecule has 40 heavy (non-hydrogen) atoms. The molecule has 2 heterocycles. The summed E-state index contributed by atoms with van der Waals surface area (Å²) in [4.78, 5) is 18.4. The van der Waals surface area contributed by atoms with Crippen LogP contribution in [0.4, 0.5) is 0 Å². The van der Waals surface area contributed by atoms with Crippen molar-refractivity contribution in [2.45, 2.75) is 39.7 Å². The molecular weight excluding hydrogens is 570 g/mol. The van der Waals surface area contributed by atoms with E-state index in [0.717, 1.165) is 27.4 Å². The number of allylic oxidation sites excluding steroid dienone is 1. The van der Waals surface area contributed by atoms with Crippen molar-refractivity contribution >= 4 is 44.0 Å². The SMILES string of the molecule is C=CCc1cc(C=Nn2c(-c3cc4cc(Br)ccc4o3)nc3ccccc3c2=O)cc(OCC)c1O[C@H](C)CC. The first-order valence-corrected chi connectivity index (χ1v) is 14.0. The fourth-order valence-electron chi connectivity index (χ4n) is 4.39. The minimum Gasteiger partial charge on any atom is -0.490 e. The Balaban J connectivity index is 1.66. The predicted octanol–water partition coefficient (Wildman–Crippen LogP) is 7.76. The van der Waals surface area contributed by atoms with Crippen molar-refractivity contribution < 1.29 is 13.9 Å². The third kappa shape index (κ3) is 5.58. The number of hydrogen-bond donors (Lipinski definition) is 0. The van der Waals surface area contributed by atoms with Crippen LogP contribution in [0, 0.1) is 0 Å². The molecule has 7 nitrogen and oxygen atoms in total. The van der Waals surface area contributed by atoms with Crippen LogP contribution in [0.15, 0.2) is 92.1 Å². The molecule has 2 aromatic heterocycles. The number of benzene rings is 3. The molecule has 3 aromatic carbocycles. The van der Waals surface area contributed by atoms with E-state index in [1.165, 1.54) is 4.68 Å². The molecule has 0 aliphatic heterocycles. The molecule has 204 valence electrons. The smallest absolute Gasteiger partial charge is 0.282 e. The second-order valence-electron chi connectivity index (χ2n) is 9.38. The Hall–Kier alpha value is -4.17. The standard InChI is InChI=1S/C32H30BrN3O4/c1-5-10-22-15-21(16-28(38-7-3)30(22)39-20(4)6-2)19-34-36-31(35-26-12-9-8-11-25(26)32(36)37)29-18-23-17-24(33)13-14-27(23)40-29/h5,8-9,11-20H,1,6-7,10H2,2-4H3/t20-/m1/s1. The Morgan fingerprint density at radius 1 is 1.15 bits per heavy atom. The summed E-state index contributed by atoms with van der Waals surface area (Å²) in [6, 6.07) is 18.6. The van der Waals surface area contributed by atoms with Crippen molar-refractivity contribution in [1.29, 1.82) is 0 Å². The van der Waals surface area contributed by atoms with Crippen molar-refractivity contribution in [1.82, 2.24) is 9.66 Å². The molecule has 0 amide bonds. The van der Waals surface area contributed by atoms with Crippen LogP contribution in [0.1, 0.15) is 38.3 Å². The summed E-state index contributed by atoms with van der Waals surface area (Å²) in [6.07, 6.45) is 4.93. The van der Waals surface area contributed by atoms with E-state index >= 15 is 0 Å². The number of aromatic nitrogens is 2. The first kappa shape index (κ1) is 27.4. The zero-order valence-electron chi connectivity index (χ0n) is 22.7. The average Bonchev–Trinajstić information content (AvgIpc) is 3.37. The van der Waals surface area contributed by atoms with Crippen LogP contribution in [0.5, 0.6) is 11.5 Å². The molecule has 0 unspecified atom stereocenters. The maximum Gasteiger partial charge on any atom is 0.282 e. The summed E-state index contributed by atoms with van der Waals surface area (Å²) in [5.74, 6) is 2.07. The minimum atomic E-state index is -0.299. The van der Waals surface area contributed by atoms with E-state index in [2.05, 4.69) is 34.5 Å². The van der Waals surface area contributed by atoms with Crippen LogP contribution in [-0.4, -0.2) is 28.6 Å². The van der Waals surface area contributed by atoms with Gasteiger partial charge in [-0.15, -0.1) is 6.58 Å². The van der Waals surface area contributed by atoms with Gasteiger partial charge in [0.25, 0.3) is 5.56 Å². The van der Waals surface area contributed by atoms with Crippen LogP contribution < -0.4 is 15.0 Å². The van der Waals surface area contributed by atoms with E-state index in [9.17, 15) is 4.79 Å². The first-order chi connectivity index (χ1) is 19.4. The molecule has 0 saturated heterocycles. The molecule has 1 atom stereocenters. The Labute approximate surface area is 240 Å². The topological polar surface area (TPSA) is 78.9 Å². The molecule has 0 aliphatic carbocycles.